The lowest BCUT2D eigenvalue weighted by molar-refractivity contribution is -0.134. The van der Waals surface area contributed by atoms with E-state index in [4.69, 9.17) is 18.9 Å². The van der Waals surface area contributed by atoms with Crippen molar-refractivity contribution in [2.24, 2.45) is 0 Å². The predicted molar refractivity (Wildman–Crippen MR) is 132 cm³/mol. The van der Waals surface area contributed by atoms with Crippen molar-refractivity contribution in [3.63, 3.8) is 0 Å². The largest absolute Gasteiger partial charge is 0.493 e. The molecule has 2 aromatic carbocycles. The number of fused-ring (bicyclic) bond motifs is 1. The summed E-state index contributed by atoms with van der Waals surface area (Å²) >= 11 is 1.57. The Kier molecular flexibility index (Phi) is 7.89. The van der Waals surface area contributed by atoms with Gasteiger partial charge in [-0.15, -0.1) is 11.3 Å². The highest BCUT2D eigenvalue weighted by molar-refractivity contribution is 7.09. The maximum atomic E-state index is 13.3. The Morgan fingerprint density at radius 2 is 1.86 bits per heavy atom. The molecule has 0 saturated heterocycles. The molecule has 35 heavy (non-hydrogen) atoms. The van der Waals surface area contributed by atoms with Gasteiger partial charge >= 0.3 is 5.97 Å². The molecule has 1 aliphatic rings. The van der Waals surface area contributed by atoms with Crippen LogP contribution >= 0.6 is 11.3 Å². The van der Waals surface area contributed by atoms with Crippen LogP contribution in [0.15, 0.2) is 60.0 Å². The van der Waals surface area contributed by atoms with Gasteiger partial charge in [-0.3, -0.25) is 4.79 Å². The van der Waals surface area contributed by atoms with Gasteiger partial charge in [-0.2, -0.15) is 0 Å². The molecule has 0 spiro atoms. The molecule has 0 fully saturated rings. The van der Waals surface area contributed by atoms with Gasteiger partial charge < -0.3 is 28.6 Å². The van der Waals surface area contributed by atoms with Crippen LogP contribution in [0.25, 0.3) is 6.08 Å². The van der Waals surface area contributed by atoms with Crippen molar-refractivity contribution < 1.29 is 33.3 Å². The van der Waals surface area contributed by atoms with Gasteiger partial charge in [-0.1, -0.05) is 12.1 Å². The third-order valence-electron chi connectivity index (χ3n) is 5.18. The van der Waals surface area contributed by atoms with E-state index < -0.39 is 5.97 Å². The molecular formula is C26H25NO7S. The monoisotopic (exact) mass is 495 g/mol. The Balaban J connectivity index is 1.51. The fraction of sp³-hybridized carbons (Fsp3) is 0.231. The van der Waals surface area contributed by atoms with Crippen LogP contribution in [0.1, 0.15) is 10.4 Å². The predicted octanol–water partition coefficient (Wildman–Crippen LogP) is 4.33. The molecule has 0 atom stereocenters. The number of rotatable bonds is 9. The van der Waals surface area contributed by atoms with Crippen LogP contribution < -0.4 is 23.8 Å². The molecule has 0 saturated carbocycles. The summed E-state index contributed by atoms with van der Waals surface area (Å²) in [5.74, 6) is 1.43. The number of carbonyl (C=O) groups is 2. The average Bonchev–Trinajstić information content (AvgIpc) is 3.42. The van der Waals surface area contributed by atoms with Gasteiger partial charge in [0.1, 0.15) is 13.2 Å². The summed E-state index contributed by atoms with van der Waals surface area (Å²) in [5.41, 5.74) is 1.41. The number of carbonyl (C=O) groups excluding carboxylic acids is 2. The summed E-state index contributed by atoms with van der Waals surface area (Å²) in [6.07, 6.45) is 2.92. The highest BCUT2D eigenvalue weighted by atomic mass is 32.1. The summed E-state index contributed by atoms with van der Waals surface area (Å²) in [6.45, 7) is 1.15. The smallest absolute Gasteiger partial charge is 0.330 e. The maximum absolute atomic E-state index is 13.3. The van der Waals surface area contributed by atoms with Crippen molar-refractivity contribution in [2.75, 3.05) is 38.9 Å². The highest BCUT2D eigenvalue weighted by Gasteiger charge is 2.21. The number of methoxy groups -OCH3 is 2. The minimum Gasteiger partial charge on any atom is -0.493 e. The van der Waals surface area contributed by atoms with Crippen molar-refractivity contribution in [1.29, 1.82) is 0 Å². The second-order valence-corrected chi connectivity index (χ2v) is 8.47. The van der Waals surface area contributed by atoms with Gasteiger partial charge in [-0.05, 0) is 47.4 Å². The lowest BCUT2D eigenvalue weighted by atomic mass is 10.2. The molecule has 0 bridgehead atoms. The van der Waals surface area contributed by atoms with Crippen LogP contribution in [-0.4, -0.2) is 45.9 Å². The first-order valence-electron chi connectivity index (χ1n) is 10.9. The molecule has 1 aromatic heterocycles. The standard InChI is InChI=1S/C26H25NO7S/c1-30-23-14-18(6-10-26(29)31-2)5-8-21(23)34-17-25(28)27(16-20-4-3-13-35-20)19-7-9-22-24(15-19)33-12-11-32-22/h3-10,13-15H,11-12,16-17H2,1-2H3/b10-6+. The van der Waals surface area contributed by atoms with Crippen LogP contribution in [0.4, 0.5) is 5.69 Å². The van der Waals surface area contributed by atoms with Crippen molar-refractivity contribution >= 4 is 35.0 Å². The molecule has 9 heteroatoms. The second-order valence-electron chi connectivity index (χ2n) is 7.44. The molecule has 3 aromatic rings. The van der Waals surface area contributed by atoms with E-state index in [-0.39, 0.29) is 12.5 Å². The van der Waals surface area contributed by atoms with E-state index >= 15 is 0 Å². The first kappa shape index (κ1) is 24.2. The highest BCUT2D eigenvalue weighted by Crippen LogP contribution is 2.35. The van der Waals surface area contributed by atoms with E-state index in [1.165, 1.54) is 20.3 Å². The molecule has 0 aliphatic carbocycles. The van der Waals surface area contributed by atoms with Crippen LogP contribution in [0.2, 0.25) is 0 Å². The number of benzene rings is 2. The van der Waals surface area contributed by atoms with Crippen molar-refractivity contribution in [1.82, 2.24) is 0 Å². The summed E-state index contributed by atoms with van der Waals surface area (Å²) in [4.78, 5) is 27.3. The lowest BCUT2D eigenvalue weighted by Gasteiger charge is -2.25. The minimum absolute atomic E-state index is 0.201. The molecular weight excluding hydrogens is 470 g/mol. The van der Waals surface area contributed by atoms with Crippen molar-refractivity contribution in [2.45, 2.75) is 6.54 Å². The van der Waals surface area contributed by atoms with Gasteiger partial charge in [0.15, 0.2) is 29.6 Å². The first-order valence-corrected chi connectivity index (χ1v) is 11.7. The SMILES string of the molecule is COC(=O)/C=C/c1ccc(OCC(=O)N(Cc2cccs2)c2ccc3c(c2)OCCO3)c(OC)c1. The molecule has 0 N–H and O–H groups in total. The van der Waals surface area contributed by atoms with Gasteiger partial charge in [0.2, 0.25) is 0 Å². The number of hydrogen-bond acceptors (Lipinski definition) is 8. The zero-order valence-electron chi connectivity index (χ0n) is 19.4. The summed E-state index contributed by atoms with van der Waals surface area (Å²) in [6, 6.07) is 14.5. The van der Waals surface area contributed by atoms with Crippen molar-refractivity contribution in [3.8, 4) is 23.0 Å². The van der Waals surface area contributed by atoms with Crippen LogP contribution in [-0.2, 0) is 20.9 Å². The minimum atomic E-state index is -0.458. The molecule has 0 unspecified atom stereocenters. The van der Waals surface area contributed by atoms with E-state index in [9.17, 15) is 9.59 Å². The Bertz CT molecular complexity index is 1210. The van der Waals surface area contributed by atoms with Gasteiger partial charge in [0.25, 0.3) is 5.91 Å². The first-order chi connectivity index (χ1) is 17.1. The third-order valence-corrected chi connectivity index (χ3v) is 6.05. The van der Waals surface area contributed by atoms with E-state index in [0.29, 0.717) is 48.4 Å². The van der Waals surface area contributed by atoms with E-state index in [0.717, 1.165) is 10.4 Å². The van der Waals surface area contributed by atoms with E-state index in [2.05, 4.69) is 4.74 Å². The maximum Gasteiger partial charge on any atom is 0.330 e. The van der Waals surface area contributed by atoms with Crippen molar-refractivity contribution in [3.05, 3.63) is 70.4 Å². The number of nitrogens with zero attached hydrogens (tertiary/aromatic N) is 1. The molecule has 182 valence electrons. The summed E-state index contributed by atoms with van der Waals surface area (Å²) in [7, 11) is 2.82. The number of amides is 1. The number of ether oxygens (including phenoxy) is 5. The Hall–Kier alpha value is -3.98. The third kappa shape index (κ3) is 6.13. The van der Waals surface area contributed by atoms with Gasteiger partial charge in [-0.25, -0.2) is 4.79 Å². The molecule has 2 heterocycles. The molecule has 0 radical (unpaired) electrons. The van der Waals surface area contributed by atoms with Crippen LogP contribution in [0.3, 0.4) is 0 Å². The van der Waals surface area contributed by atoms with E-state index in [1.807, 2.05) is 35.7 Å². The Morgan fingerprint density at radius 3 is 2.60 bits per heavy atom. The second kappa shape index (κ2) is 11.4. The zero-order chi connectivity index (χ0) is 24.6. The average molecular weight is 496 g/mol. The Morgan fingerprint density at radius 1 is 1.03 bits per heavy atom. The lowest BCUT2D eigenvalue weighted by Crippen LogP contribution is -2.34. The fourth-order valence-electron chi connectivity index (χ4n) is 3.44. The van der Waals surface area contributed by atoms with Crippen LogP contribution in [0, 0.1) is 0 Å². The normalized spacial score (nSPS) is 12.3. The molecule has 1 amide bonds. The van der Waals surface area contributed by atoms with E-state index in [1.54, 1.807) is 40.5 Å². The Labute approximate surface area is 207 Å². The number of hydrogen-bond donors (Lipinski definition) is 0. The topological polar surface area (TPSA) is 83.5 Å². The summed E-state index contributed by atoms with van der Waals surface area (Å²) < 4.78 is 27.2. The number of anilines is 1. The number of thiophene rings is 1. The van der Waals surface area contributed by atoms with Gasteiger partial charge in [0.05, 0.1) is 20.8 Å². The molecule has 4 rings (SSSR count). The zero-order valence-corrected chi connectivity index (χ0v) is 20.2. The molecule has 1 aliphatic heterocycles. The van der Waals surface area contributed by atoms with Crippen LogP contribution in [0.5, 0.6) is 23.0 Å². The number of esters is 1. The summed E-state index contributed by atoms with van der Waals surface area (Å²) in [5, 5.41) is 1.97. The quantitative estimate of drug-likeness (QED) is 0.323. The molecule has 8 nitrogen and oxygen atoms in total. The van der Waals surface area contributed by atoms with Gasteiger partial charge in [0, 0.05) is 22.7 Å². The fourth-order valence-corrected chi connectivity index (χ4v) is 4.13.